The molecule has 0 aliphatic carbocycles. The molecule has 0 amide bonds. The summed E-state index contributed by atoms with van der Waals surface area (Å²) in [5, 5.41) is 0.692. The Morgan fingerprint density at radius 3 is 2.46 bits per heavy atom. The Kier molecular flexibility index (Phi) is 3.90. The van der Waals surface area contributed by atoms with E-state index in [1.54, 1.807) is 6.20 Å². The molecule has 122 valence electrons. The lowest BCUT2D eigenvalue weighted by atomic mass is 10.1. The van der Waals surface area contributed by atoms with Gasteiger partial charge in [0.1, 0.15) is 0 Å². The highest BCUT2D eigenvalue weighted by Gasteiger charge is 2.18. The lowest BCUT2D eigenvalue weighted by Crippen LogP contribution is -2.30. The fourth-order valence-electron chi connectivity index (χ4n) is 3.00. The third-order valence-electron chi connectivity index (χ3n) is 4.20. The Bertz CT molecular complexity index is 874. The van der Waals surface area contributed by atoms with Crippen molar-refractivity contribution in [2.75, 3.05) is 23.7 Å². The molecule has 2 aromatic heterocycles. The minimum atomic E-state index is 0.233. The van der Waals surface area contributed by atoms with Crippen molar-refractivity contribution in [2.24, 2.45) is 0 Å². The van der Waals surface area contributed by atoms with Crippen LogP contribution in [0.15, 0.2) is 30.5 Å². The summed E-state index contributed by atoms with van der Waals surface area (Å²) in [7, 11) is 0. The molecule has 24 heavy (non-hydrogen) atoms. The average molecular weight is 341 g/mol. The highest BCUT2D eigenvalue weighted by molar-refractivity contribution is 6.30. The molecule has 4 rings (SSSR count). The molecule has 0 unspecified atom stereocenters. The summed E-state index contributed by atoms with van der Waals surface area (Å²) in [5.41, 5.74) is 8.81. The topological polar surface area (TPSA) is 80.8 Å². The molecule has 1 fully saturated rings. The van der Waals surface area contributed by atoms with E-state index in [2.05, 4.69) is 19.9 Å². The minimum absolute atomic E-state index is 0.233. The van der Waals surface area contributed by atoms with E-state index >= 15 is 0 Å². The van der Waals surface area contributed by atoms with Crippen LogP contribution in [0.3, 0.4) is 0 Å². The van der Waals surface area contributed by atoms with E-state index in [1.165, 1.54) is 6.42 Å². The Labute approximate surface area is 144 Å². The molecule has 0 bridgehead atoms. The largest absolute Gasteiger partial charge is 0.368 e. The molecule has 2 N–H and O–H groups in total. The number of rotatable bonds is 2. The molecule has 7 heteroatoms. The number of hydrogen-bond acceptors (Lipinski definition) is 6. The van der Waals surface area contributed by atoms with E-state index in [0.717, 1.165) is 43.0 Å². The van der Waals surface area contributed by atoms with E-state index < -0.39 is 0 Å². The van der Waals surface area contributed by atoms with Crippen LogP contribution in [-0.2, 0) is 0 Å². The van der Waals surface area contributed by atoms with Crippen LogP contribution in [0, 0.1) is 0 Å². The lowest BCUT2D eigenvalue weighted by Gasteiger charge is -2.28. The van der Waals surface area contributed by atoms with Crippen molar-refractivity contribution < 1.29 is 0 Å². The molecule has 3 aromatic rings. The van der Waals surface area contributed by atoms with Crippen molar-refractivity contribution in [3.8, 4) is 11.3 Å². The number of anilines is 2. The van der Waals surface area contributed by atoms with Crippen LogP contribution < -0.4 is 10.6 Å². The van der Waals surface area contributed by atoms with Gasteiger partial charge in [-0.05, 0) is 31.4 Å². The van der Waals surface area contributed by atoms with Gasteiger partial charge < -0.3 is 10.6 Å². The summed E-state index contributed by atoms with van der Waals surface area (Å²) >= 11 is 5.96. The van der Waals surface area contributed by atoms with Crippen molar-refractivity contribution in [2.45, 2.75) is 19.3 Å². The van der Waals surface area contributed by atoms with Gasteiger partial charge in [0.05, 0.1) is 11.9 Å². The number of benzene rings is 1. The maximum Gasteiger partial charge on any atom is 0.224 e. The first kappa shape index (κ1) is 15.1. The first-order valence-corrected chi connectivity index (χ1v) is 8.40. The van der Waals surface area contributed by atoms with Crippen LogP contribution in [0.1, 0.15) is 19.3 Å². The Morgan fingerprint density at radius 2 is 1.71 bits per heavy atom. The number of piperidine rings is 1. The van der Waals surface area contributed by atoms with E-state index in [4.69, 9.17) is 22.3 Å². The second-order valence-electron chi connectivity index (χ2n) is 5.89. The second kappa shape index (κ2) is 6.20. The third-order valence-corrected chi connectivity index (χ3v) is 4.45. The summed E-state index contributed by atoms with van der Waals surface area (Å²) in [6.07, 6.45) is 5.25. The van der Waals surface area contributed by atoms with E-state index in [0.29, 0.717) is 16.2 Å². The van der Waals surface area contributed by atoms with Gasteiger partial charge in [-0.15, -0.1) is 0 Å². The molecule has 0 saturated carbocycles. The number of nitrogen functional groups attached to an aromatic ring is 1. The van der Waals surface area contributed by atoms with Crippen molar-refractivity contribution >= 4 is 34.5 Å². The van der Waals surface area contributed by atoms with Gasteiger partial charge in [0.25, 0.3) is 0 Å². The van der Waals surface area contributed by atoms with Gasteiger partial charge in [-0.2, -0.15) is 9.97 Å². The molecule has 6 nitrogen and oxygen atoms in total. The number of halogens is 1. The van der Waals surface area contributed by atoms with Crippen molar-refractivity contribution in [1.29, 1.82) is 0 Å². The first-order valence-electron chi connectivity index (χ1n) is 8.02. The molecule has 0 radical (unpaired) electrons. The SMILES string of the molecule is Nc1nc(N2CCCCC2)c2nc(-c3ccc(Cl)cc3)cnc2n1. The molecule has 3 heterocycles. The summed E-state index contributed by atoms with van der Waals surface area (Å²) in [4.78, 5) is 20.1. The highest BCUT2D eigenvalue weighted by Crippen LogP contribution is 2.27. The molecule has 1 aliphatic rings. The first-order chi connectivity index (χ1) is 11.7. The molecular formula is C17H17ClN6. The zero-order valence-electron chi connectivity index (χ0n) is 13.1. The summed E-state index contributed by atoms with van der Waals surface area (Å²) in [5.74, 6) is 1.01. The fourth-order valence-corrected chi connectivity index (χ4v) is 3.12. The van der Waals surface area contributed by atoms with Crippen molar-refractivity contribution in [3.05, 3.63) is 35.5 Å². The van der Waals surface area contributed by atoms with Crippen LogP contribution in [-0.4, -0.2) is 33.0 Å². The van der Waals surface area contributed by atoms with Gasteiger partial charge in [0.15, 0.2) is 17.0 Å². The van der Waals surface area contributed by atoms with Crippen molar-refractivity contribution in [1.82, 2.24) is 19.9 Å². The normalized spacial score (nSPS) is 15.0. The summed E-state index contributed by atoms with van der Waals surface area (Å²) in [6.45, 7) is 1.91. The zero-order valence-corrected chi connectivity index (χ0v) is 13.9. The standard InChI is InChI=1S/C17H17ClN6/c18-12-6-4-11(5-7-12)13-10-20-15-14(21-13)16(23-17(19)22-15)24-8-2-1-3-9-24/h4-7,10H,1-3,8-9H2,(H2,19,20,22,23). The average Bonchev–Trinajstić information content (AvgIpc) is 2.62. The van der Waals surface area contributed by atoms with Gasteiger partial charge in [-0.25, -0.2) is 9.97 Å². The second-order valence-corrected chi connectivity index (χ2v) is 6.32. The third kappa shape index (κ3) is 2.85. The van der Waals surface area contributed by atoms with Gasteiger partial charge in [0.2, 0.25) is 5.95 Å². The maximum atomic E-state index is 5.96. The number of aromatic nitrogens is 4. The number of nitrogens with zero attached hydrogens (tertiary/aromatic N) is 5. The van der Waals surface area contributed by atoms with Gasteiger partial charge in [0, 0.05) is 23.7 Å². The lowest BCUT2D eigenvalue weighted by molar-refractivity contribution is 0.574. The quantitative estimate of drug-likeness (QED) is 0.770. The van der Waals surface area contributed by atoms with E-state index in [9.17, 15) is 0 Å². The van der Waals surface area contributed by atoms with Gasteiger partial charge in [-0.3, -0.25) is 0 Å². The van der Waals surface area contributed by atoms with Crippen LogP contribution >= 0.6 is 11.6 Å². The molecule has 0 atom stereocenters. The highest BCUT2D eigenvalue weighted by atomic mass is 35.5. The molecule has 1 aliphatic heterocycles. The number of fused-ring (bicyclic) bond motifs is 1. The number of nitrogens with two attached hydrogens (primary N) is 1. The van der Waals surface area contributed by atoms with Crippen LogP contribution in [0.25, 0.3) is 22.4 Å². The minimum Gasteiger partial charge on any atom is -0.368 e. The Morgan fingerprint density at radius 1 is 0.958 bits per heavy atom. The summed E-state index contributed by atoms with van der Waals surface area (Å²) in [6, 6.07) is 7.54. The molecule has 1 aromatic carbocycles. The number of hydrogen-bond donors (Lipinski definition) is 1. The van der Waals surface area contributed by atoms with Crippen molar-refractivity contribution in [3.63, 3.8) is 0 Å². The monoisotopic (exact) mass is 340 g/mol. The molecular weight excluding hydrogens is 324 g/mol. The van der Waals surface area contributed by atoms with E-state index in [-0.39, 0.29) is 5.95 Å². The predicted molar refractivity (Wildman–Crippen MR) is 96.1 cm³/mol. The summed E-state index contributed by atoms with van der Waals surface area (Å²) < 4.78 is 0. The zero-order chi connectivity index (χ0) is 16.5. The Balaban J connectivity index is 1.85. The smallest absolute Gasteiger partial charge is 0.224 e. The maximum absolute atomic E-state index is 5.96. The predicted octanol–water partition coefficient (Wildman–Crippen LogP) is 3.31. The van der Waals surface area contributed by atoms with Gasteiger partial charge in [-0.1, -0.05) is 23.7 Å². The Hall–Kier alpha value is -2.47. The molecule has 1 saturated heterocycles. The van der Waals surface area contributed by atoms with Crippen LogP contribution in [0.4, 0.5) is 11.8 Å². The fraction of sp³-hybridized carbons (Fsp3) is 0.294. The van der Waals surface area contributed by atoms with Gasteiger partial charge >= 0.3 is 0 Å². The van der Waals surface area contributed by atoms with E-state index in [1.807, 2.05) is 24.3 Å². The van der Waals surface area contributed by atoms with Crippen LogP contribution in [0.5, 0.6) is 0 Å². The van der Waals surface area contributed by atoms with Crippen LogP contribution in [0.2, 0.25) is 5.02 Å². The molecule has 0 spiro atoms.